The van der Waals surface area contributed by atoms with Crippen molar-refractivity contribution in [3.8, 4) is 5.75 Å². The van der Waals surface area contributed by atoms with Gasteiger partial charge in [0.1, 0.15) is 16.3 Å². The van der Waals surface area contributed by atoms with E-state index in [2.05, 4.69) is 0 Å². The molecule has 7 heteroatoms. The molecule has 0 aliphatic heterocycles. The molecule has 1 aromatic carbocycles. The quantitative estimate of drug-likeness (QED) is 0.709. The Morgan fingerprint density at radius 3 is 2.08 bits per heavy atom. The van der Waals surface area contributed by atoms with Crippen LogP contribution in [0.15, 0.2) is 24.3 Å². The monoisotopic (exact) mass is 377 g/mol. The van der Waals surface area contributed by atoms with Crippen molar-refractivity contribution in [3.63, 3.8) is 0 Å². The summed E-state index contributed by atoms with van der Waals surface area (Å²) < 4.78 is 15.3. The summed E-state index contributed by atoms with van der Waals surface area (Å²) in [5.74, 6) is -0.362. The molecule has 2 N–H and O–H groups in total. The smallest absolute Gasteiger partial charge is 0.342 e. The first-order valence-electron chi connectivity index (χ1n) is 8.40. The molecule has 0 aliphatic rings. The first kappa shape index (κ1) is 19.8. The summed E-state index contributed by atoms with van der Waals surface area (Å²) in [4.78, 5) is 25.4. The molecule has 1 aromatic heterocycles. The molecular formula is C19H23NO5S. The third kappa shape index (κ3) is 4.54. The maximum absolute atomic E-state index is 12.4. The molecular weight excluding hydrogens is 354 g/mol. The molecule has 2 aromatic rings. The lowest BCUT2D eigenvalue weighted by molar-refractivity contribution is 0.0480. The van der Waals surface area contributed by atoms with Crippen molar-refractivity contribution in [1.29, 1.82) is 0 Å². The second-order valence-electron chi connectivity index (χ2n) is 5.43. The van der Waals surface area contributed by atoms with E-state index < -0.39 is 11.9 Å². The van der Waals surface area contributed by atoms with Crippen molar-refractivity contribution >= 4 is 28.3 Å². The fourth-order valence-corrected chi connectivity index (χ4v) is 3.59. The molecule has 0 atom stereocenters. The fourth-order valence-electron chi connectivity index (χ4n) is 2.55. The van der Waals surface area contributed by atoms with Gasteiger partial charge in [-0.2, -0.15) is 0 Å². The number of methoxy groups -OCH3 is 1. The number of benzene rings is 1. The molecule has 140 valence electrons. The van der Waals surface area contributed by atoms with E-state index in [0.29, 0.717) is 12.8 Å². The van der Waals surface area contributed by atoms with Crippen LogP contribution < -0.4 is 10.5 Å². The van der Waals surface area contributed by atoms with Gasteiger partial charge in [-0.15, -0.1) is 11.3 Å². The number of hydrogen-bond acceptors (Lipinski definition) is 7. The van der Waals surface area contributed by atoms with Crippen LogP contribution >= 0.6 is 11.3 Å². The molecule has 6 nitrogen and oxygen atoms in total. The maximum Gasteiger partial charge on any atom is 0.342 e. The van der Waals surface area contributed by atoms with Gasteiger partial charge in [-0.1, -0.05) is 12.1 Å². The average molecular weight is 377 g/mol. The number of rotatable bonds is 8. The highest BCUT2D eigenvalue weighted by atomic mass is 32.1. The molecule has 2 rings (SSSR count). The van der Waals surface area contributed by atoms with Gasteiger partial charge in [0.2, 0.25) is 0 Å². The molecule has 0 bridgehead atoms. The number of carbonyl (C=O) groups is 2. The Labute approximate surface area is 156 Å². The Kier molecular flexibility index (Phi) is 7.03. The summed E-state index contributed by atoms with van der Waals surface area (Å²) in [6.45, 7) is 3.84. The molecule has 0 amide bonds. The van der Waals surface area contributed by atoms with E-state index in [0.717, 1.165) is 16.2 Å². The van der Waals surface area contributed by atoms with Gasteiger partial charge < -0.3 is 19.9 Å². The van der Waals surface area contributed by atoms with Gasteiger partial charge in [-0.3, -0.25) is 0 Å². The highest BCUT2D eigenvalue weighted by Crippen LogP contribution is 2.33. The van der Waals surface area contributed by atoms with Gasteiger partial charge in [0.15, 0.2) is 0 Å². The Bertz CT molecular complexity index is 767. The molecule has 0 aliphatic carbocycles. The van der Waals surface area contributed by atoms with Crippen molar-refractivity contribution in [1.82, 2.24) is 0 Å². The Balaban J connectivity index is 2.29. The number of aryl methyl sites for hydroxylation is 2. The fraction of sp³-hybridized carbons (Fsp3) is 0.368. The average Bonchev–Trinajstić information content (AvgIpc) is 2.97. The summed E-state index contributed by atoms with van der Waals surface area (Å²) in [6, 6.07) is 7.70. The van der Waals surface area contributed by atoms with Crippen molar-refractivity contribution < 1.29 is 23.8 Å². The van der Waals surface area contributed by atoms with Gasteiger partial charge in [-0.05, 0) is 44.4 Å². The van der Waals surface area contributed by atoms with Gasteiger partial charge in [0.25, 0.3) is 0 Å². The van der Waals surface area contributed by atoms with Gasteiger partial charge in [0.05, 0.1) is 25.9 Å². The molecule has 0 saturated heterocycles. The zero-order valence-electron chi connectivity index (χ0n) is 15.2. The van der Waals surface area contributed by atoms with E-state index in [1.807, 2.05) is 24.3 Å². The lowest BCUT2D eigenvalue weighted by Crippen LogP contribution is -2.15. The van der Waals surface area contributed by atoms with Gasteiger partial charge in [0, 0.05) is 4.88 Å². The number of thiophene rings is 1. The second kappa shape index (κ2) is 9.24. The molecule has 0 spiro atoms. The van der Waals surface area contributed by atoms with Crippen LogP contribution in [0.5, 0.6) is 5.75 Å². The summed E-state index contributed by atoms with van der Waals surface area (Å²) in [5.41, 5.74) is 7.43. The Morgan fingerprint density at radius 1 is 0.962 bits per heavy atom. The minimum absolute atomic E-state index is 0.111. The lowest BCUT2D eigenvalue weighted by atomic mass is 10.0. The Morgan fingerprint density at radius 2 is 1.54 bits per heavy atom. The predicted molar refractivity (Wildman–Crippen MR) is 101 cm³/mol. The highest BCUT2D eigenvalue weighted by molar-refractivity contribution is 7.16. The van der Waals surface area contributed by atoms with Crippen LogP contribution in [0, 0.1) is 0 Å². The largest absolute Gasteiger partial charge is 0.497 e. The second-order valence-corrected chi connectivity index (χ2v) is 6.57. The number of carbonyl (C=O) groups excluding carboxylic acids is 2. The minimum Gasteiger partial charge on any atom is -0.497 e. The van der Waals surface area contributed by atoms with E-state index >= 15 is 0 Å². The normalized spacial score (nSPS) is 10.4. The Hall–Kier alpha value is -2.54. The van der Waals surface area contributed by atoms with E-state index in [4.69, 9.17) is 19.9 Å². The van der Waals surface area contributed by atoms with Gasteiger partial charge >= 0.3 is 11.9 Å². The first-order chi connectivity index (χ1) is 12.5. The summed E-state index contributed by atoms with van der Waals surface area (Å²) in [5, 5.41) is 0.274. The number of esters is 2. The zero-order valence-corrected chi connectivity index (χ0v) is 16.0. The van der Waals surface area contributed by atoms with Crippen molar-refractivity contribution in [2.75, 3.05) is 26.1 Å². The number of nitrogens with two attached hydrogens (primary N) is 1. The van der Waals surface area contributed by atoms with Crippen molar-refractivity contribution in [3.05, 3.63) is 45.8 Å². The molecule has 0 radical (unpaired) electrons. The van der Waals surface area contributed by atoms with Crippen molar-refractivity contribution in [2.45, 2.75) is 26.7 Å². The number of nitrogen functional groups attached to an aromatic ring is 1. The van der Waals surface area contributed by atoms with Crippen LogP contribution in [0.2, 0.25) is 0 Å². The molecule has 0 fully saturated rings. The van der Waals surface area contributed by atoms with Gasteiger partial charge in [-0.25, -0.2) is 9.59 Å². The summed E-state index contributed by atoms with van der Waals surface area (Å²) >= 11 is 1.23. The zero-order chi connectivity index (χ0) is 19.1. The molecule has 1 heterocycles. The SMILES string of the molecule is CCOC(=O)c1c(N)sc(CCc2ccc(OC)cc2)c1C(=O)OCC. The van der Waals surface area contributed by atoms with Crippen LogP contribution in [0.1, 0.15) is 45.0 Å². The third-order valence-corrected chi connectivity index (χ3v) is 4.85. The van der Waals surface area contributed by atoms with Crippen LogP contribution in [-0.2, 0) is 22.3 Å². The van der Waals surface area contributed by atoms with E-state index in [9.17, 15) is 9.59 Å². The van der Waals surface area contributed by atoms with Crippen LogP contribution in [0.3, 0.4) is 0 Å². The van der Waals surface area contributed by atoms with E-state index in [1.54, 1.807) is 21.0 Å². The minimum atomic E-state index is -0.597. The topological polar surface area (TPSA) is 87.9 Å². The lowest BCUT2D eigenvalue weighted by Gasteiger charge is -2.08. The molecule has 0 unspecified atom stereocenters. The number of hydrogen-bond donors (Lipinski definition) is 1. The number of anilines is 1. The van der Waals surface area contributed by atoms with Crippen LogP contribution in [0.4, 0.5) is 5.00 Å². The standard InChI is InChI=1S/C19H23NO5S/c1-4-24-18(21)15-14(26-17(20)16(15)19(22)25-5-2)11-8-12-6-9-13(23-3)10-7-12/h6-7,9-10H,4-5,8,11,20H2,1-3H3. The number of ether oxygens (including phenoxy) is 3. The van der Waals surface area contributed by atoms with E-state index in [1.165, 1.54) is 11.3 Å². The highest BCUT2D eigenvalue weighted by Gasteiger charge is 2.28. The third-order valence-electron chi connectivity index (χ3n) is 3.77. The van der Waals surface area contributed by atoms with Crippen LogP contribution in [-0.4, -0.2) is 32.3 Å². The maximum atomic E-state index is 12.4. The molecule has 26 heavy (non-hydrogen) atoms. The van der Waals surface area contributed by atoms with Crippen LogP contribution in [0.25, 0.3) is 0 Å². The predicted octanol–water partition coefficient (Wildman–Crippen LogP) is 3.48. The molecule has 0 saturated carbocycles. The van der Waals surface area contributed by atoms with Crippen molar-refractivity contribution in [2.24, 2.45) is 0 Å². The summed E-state index contributed by atoms with van der Waals surface area (Å²) in [6.07, 6.45) is 1.26. The van der Waals surface area contributed by atoms with E-state index in [-0.39, 0.29) is 29.3 Å². The first-order valence-corrected chi connectivity index (χ1v) is 9.21. The summed E-state index contributed by atoms with van der Waals surface area (Å²) in [7, 11) is 1.62.